The summed E-state index contributed by atoms with van der Waals surface area (Å²) in [5.74, 6) is 1.33. The first kappa shape index (κ1) is 26.6. The van der Waals surface area contributed by atoms with Gasteiger partial charge in [-0.25, -0.2) is 0 Å². The number of benzene rings is 5. The largest absolute Gasteiger partial charge is 0.456 e. The Bertz CT molecular complexity index is 2140. The van der Waals surface area contributed by atoms with Gasteiger partial charge in [0.25, 0.3) is 0 Å². The van der Waals surface area contributed by atoms with Gasteiger partial charge in [-0.3, -0.25) is 16.0 Å². The zero-order valence-corrected chi connectivity index (χ0v) is 25.0. The van der Waals surface area contributed by atoms with Gasteiger partial charge in [0.1, 0.15) is 11.3 Å². The first-order valence-corrected chi connectivity index (χ1v) is 16.1. The summed E-state index contributed by atoms with van der Waals surface area (Å²) < 4.78 is 6.34. The zero-order valence-electron chi connectivity index (χ0n) is 25.0. The van der Waals surface area contributed by atoms with E-state index in [1.165, 1.54) is 54.8 Å². The van der Waals surface area contributed by atoms with Crippen molar-refractivity contribution >= 4 is 44.2 Å². The summed E-state index contributed by atoms with van der Waals surface area (Å²) in [4.78, 5) is 0. The molecule has 1 fully saturated rings. The van der Waals surface area contributed by atoms with Gasteiger partial charge in [0.2, 0.25) is 0 Å². The summed E-state index contributed by atoms with van der Waals surface area (Å²) in [5, 5.41) is 18.1. The second kappa shape index (κ2) is 11.0. The van der Waals surface area contributed by atoms with Crippen LogP contribution < -0.4 is 16.0 Å². The molecule has 6 aromatic rings. The van der Waals surface area contributed by atoms with Crippen molar-refractivity contribution < 1.29 is 4.42 Å². The first-order valence-electron chi connectivity index (χ1n) is 16.1. The number of fused-ring (bicyclic) bond motifs is 7. The molecular formula is C41H35N3O. The van der Waals surface area contributed by atoms with E-state index in [4.69, 9.17) is 4.42 Å². The normalized spacial score (nSPS) is 23.0. The molecule has 45 heavy (non-hydrogen) atoms. The smallest absolute Gasteiger partial charge is 0.135 e. The molecule has 2 heterocycles. The Labute approximate surface area is 263 Å². The van der Waals surface area contributed by atoms with Gasteiger partial charge in [0, 0.05) is 22.3 Å². The van der Waals surface area contributed by atoms with Crippen LogP contribution in [0, 0.1) is 5.92 Å². The Hall–Kier alpha value is -4.74. The molecule has 4 heteroatoms. The van der Waals surface area contributed by atoms with Gasteiger partial charge in [-0.15, -0.1) is 0 Å². The first-order chi connectivity index (χ1) is 22.3. The summed E-state index contributed by atoms with van der Waals surface area (Å²) in [7, 11) is 0. The predicted octanol–water partition coefficient (Wildman–Crippen LogP) is 9.16. The molecule has 3 N–H and O–H groups in total. The van der Waals surface area contributed by atoms with Gasteiger partial charge < -0.3 is 4.42 Å². The van der Waals surface area contributed by atoms with Crippen LogP contribution in [0.1, 0.15) is 53.2 Å². The van der Waals surface area contributed by atoms with Crippen LogP contribution >= 0.6 is 0 Å². The van der Waals surface area contributed by atoms with Gasteiger partial charge >= 0.3 is 0 Å². The molecule has 1 saturated heterocycles. The molecule has 220 valence electrons. The number of furan rings is 1. The minimum atomic E-state index is -0.0330. The Morgan fingerprint density at radius 1 is 0.667 bits per heavy atom. The van der Waals surface area contributed by atoms with Crippen molar-refractivity contribution in [3.8, 4) is 0 Å². The van der Waals surface area contributed by atoms with Crippen LogP contribution in [-0.2, 0) is 6.42 Å². The van der Waals surface area contributed by atoms with E-state index in [1.807, 2.05) is 0 Å². The lowest BCUT2D eigenvalue weighted by molar-refractivity contribution is 0.170. The Balaban J connectivity index is 1.11. The molecule has 0 radical (unpaired) electrons. The molecular weight excluding hydrogens is 550 g/mol. The third kappa shape index (κ3) is 4.74. The topological polar surface area (TPSA) is 49.2 Å². The van der Waals surface area contributed by atoms with Crippen molar-refractivity contribution in [1.29, 1.82) is 0 Å². The molecule has 0 spiro atoms. The van der Waals surface area contributed by atoms with E-state index >= 15 is 0 Å². The van der Waals surface area contributed by atoms with Crippen LogP contribution in [0.25, 0.3) is 44.2 Å². The summed E-state index contributed by atoms with van der Waals surface area (Å²) in [6, 6.07) is 37.2. The molecule has 1 aromatic heterocycles. The average Bonchev–Trinajstić information content (AvgIpc) is 3.51. The molecule has 0 amide bonds. The van der Waals surface area contributed by atoms with E-state index in [0.717, 1.165) is 30.6 Å². The van der Waals surface area contributed by atoms with Crippen molar-refractivity contribution in [3.05, 3.63) is 155 Å². The highest BCUT2D eigenvalue weighted by molar-refractivity contribution is 6.21. The van der Waals surface area contributed by atoms with Crippen LogP contribution in [0.2, 0.25) is 0 Å². The molecule has 4 unspecified atom stereocenters. The van der Waals surface area contributed by atoms with Gasteiger partial charge in [-0.1, -0.05) is 115 Å². The number of aryl methyl sites for hydroxylation is 1. The molecule has 0 saturated carbocycles. The van der Waals surface area contributed by atoms with Crippen molar-refractivity contribution in [2.75, 3.05) is 0 Å². The molecule has 0 bridgehead atoms. The van der Waals surface area contributed by atoms with E-state index in [-0.39, 0.29) is 18.5 Å². The van der Waals surface area contributed by atoms with Crippen molar-refractivity contribution in [3.63, 3.8) is 0 Å². The number of rotatable bonds is 4. The van der Waals surface area contributed by atoms with Crippen LogP contribution in [0.3, 0.4) is 0 Å². The fourth-order valence-corrected chi connectivity index (χ4v) is 7.49. The lowest BCUT2D eigenvalue weighted by Gasteiger charge is -2.42. The molecule has 4 atom stereocenters. The standard InChI is InChI=1S/C41H35N3O/c1-3-9-26(10-4-1)27-15-20-31(21-16-27)40-42-39(30-11-5-2-6-12-30)43-41(44-40)32-22-18-28-17-19-29-23-24-36-38(37(29)34(28)25-32)33-13-7-8-14-35(33)45-36/h1-6,8-12,14-20,22-25,31,39-44H,7,13,21H2. The summed E-state index contributed by atoms with van der Waals surface area (Å²) >= 11 is 0. The number of allylic oxidation sites excluding steroid dienone is 4. The summed E-state index contributed by atoms with van der Waals surface area (Å²) in [6.45, 7) is 0. The van der Waals surface area contributed by atoms with E-state index < -0.39 is 0 Å². The van der Waals surface area contributed by atoms with Crippen LogP contribution in [0.15, 0.2) is 132 Å². The van der Waals surface area contributed by atoms with E-state index in [1.54, 1.807) is 0 Å². The van der Waals surface area contributed by atoms with Gasteiger partial charge in [0.05, 0.1) is 18.5 Å². The monoisotopic (exact) mass is 585 g/mol. The predicted molar refractivity (Wildman–Crippen MR) is 185 cm³/mol. The second-order valence-electron chi connectivity index (χ2n) is 12.5. The number of nitrogens with one attached hydrogen (secondary N) is 3. The number of hydrogen-bond donors (Lipinski definition) is 3. The van der Waals surface area contributed by atoms with Gasteiger partial charge in [-0.05, 0) is 75.9 Å². The van der Waals surface area contributed by atoms with Crippen LogP contribution in [-0.4, -0.2) is 6.17 Å². The maximum absolute atomic E-state index is 6.34. The quantitative estimate of drug-likeness (QED) is 0.181. The second-order valence-corrected chi connectivity index (χ2v) is 12.5. The SMILES string of the molecule is C1=Cc2oc3ccc4ccc5ccc(C6NC(c7ccccc7)NC(C7C=CC(c8ccccc8)=CC7)N6)cc5c4c3c2CC1. The fourth-order valence-electron chi connectivity index (χ4n) is 7.49. The highest BCUT2D eigenvalue weighted by Gasteiger charge is 2.33. The lowest BCUT2D eigenvalue weighted by atomic mass is 9.89. The van der Waals surface area contributed by atoms with E-state index in [0.29, 0.717) is 5.92 Å². The average molecular weight is 586 g/mol. The summed E-state index contributed by atoms with van der Waals surface area (Å²) in [6.07, 6.45) is 14.5. The van der Waals surface area contributed by atoms with Crippen LogP contribution in [0.4, 0.5) is 0 Å². The highest BCUT2D eigenvalue weighted by atomic mass is 16.3. The van der Waals surface area contributed by atoms with Gasteiger partial charge in [0.15, 0.2) is 0 Å². The highest BCUT2D eigenvalue weighted by Crippen LogP contribution is 2.40. The van der Waals surface area contributed by atoms with Crippen molar-refractivity contribution in [2.45, 2.75) is 37.8 Å². The minimum absolute atomic E-state index is 0.0120. The van der Waals surface area contributed by atoms with E-state index in [9.17, 15) is 0 Å². The Morgan fingerprint density at radius 2 is 1.42 bits per heavy atom. The minimum Gasteiger partial charge on any atom is -0.456 e. The fraction of sp³-hybridized carbons (Fsp3) is 0.171. The molecule has 9 rings (SSSR count). The third-order valence-corrected chi connectivity index (χ3v) is 9.80. The molecule has 2 aliphatic carbocycles. The zero-order chi connectivity index (χ0) is 29.7. The van der Waals surface area contributed by atoms with E-state index in [2.05, 4.69) is 149 Å². The van der Waals surface area contributed by atoms with Crippen LogP contribution in [0.5, 0.6) is 0 Å². The molecule has 5 aromatic carbocycles. The summed E-state index contributed by atoms with van der Waals surface area (Å²) in [5.41, 5.74) is 7.35. The lowest BCUT2D eigenvalue weighted by Crippen LogP contribution is -2.61. The molecule has 3 aliphatic rings. The Morgan fingerprint density at radius 3 is 2.24 bits per heavy atom. The van der Waals surface area contributed by atoms with Gasteiger partial charge in [-0.2, -0.15) is 0 Å². The Kier molecular flexibility index (Phi) is 6.52. The maximum atomic E-state index is 6.34. The molecule has 1 aliphatic heterocycles. The third-order valence-electron chi connectivity index (χ3n) is 9.80. The number of hydrogen-bond acceptors (Lipinski definition) is 4. The maximum Gasteiger partial charge on any atom is 0.135 e. The van der Waals surface area contributed by atoms with Crippen molar-refractivity contribution in [1.82, 2.24) is 16.0 Å². The van der Waals surface area contributed by atoms with Crippen molar-refractivity contribution in [2.24, 2.45) is 5.92 Å². The molecule has 4 nitrogen and oxygen atoms in total.